The second-order valence-corrected chi connectivity index (χ2v) is 7.37. The van der Waals surface area contributed by atoms with E-state index in [2.05, 4.69) is 22.5 Å². The third-order valence-electron chi connectivity index (χ3n) is 5.48. The van der Waals surface area contributed by atoms with Gasteiger partial charge in [-0.2, -0.15) is 0 Å². The molecule has 4 unspecified atom stereocenters. The van der Waals surface area contributed by atoms with Crippen LogP contribution in [0.5, 0.6) is 0 Å². The second-order valence-electron chi connectivity index (χ2n) is 7.37. The van der Waals surface area contributed by atoms with Gasteiger partial charge in [-0.3, -0.25) is 9.69 Å². The van der Waals surface area contributed by atoms with Crippen molar-refractivity contribution in [3.63, 3.8) is 0 Å². The number of fused-ring (bicyclic) bond motifs is 1. The lowest BCUT2D eigenvalue weighted by molar-refractivity contribution is -0.123. The number of nitrogens with one attached hydrogen (secondary N) is 2. The van der Waals surface area contributed by atoms with E-state index in [0.29, 0.717) is 12.0 Å². The topological polar surface area (TPSA) is 53.6 Å². The third-order valence-corrected chi connectivity index (χ3v) is 5.48. The molecule has 7 heteroatoms. The molecule has 1 saturated carbocycles. The molecule has 2 heterocycles. The van der Waals surface area contributed by atoms with Gasteiger partial charge in [-0.1, -0.05) is 19.8 Å². The first-order chi connectivity index (χ1) is 10.7. The summed E-state index contributed by atoms with van der Waals surface area (Å²) >= 11 is 0. The van der Waals surface area contributed by atoms with Crippen molar-refractivity contribution in [1.82, 2.24) is 15.5 Å². The van der Waals surface area contributed by atoms with Crippen molar-refractivity contribution in [3.05, 3.63) is 0 Å². The highest BCUT2D eigenvalue weighted by Crippen LogP contribution is 2.33. The Morgan fingerprint density at radius 3 is 2.67 bits per heavy atom. The van der Waals surface area contributed by atoms with Crippen molar-refractivity contribution < 1.29 is 9.53 Å². The quantitative estimate of drug-likeness (QED) is 0.762. The monoisotopic (exact) mass is 381 g/mol. The first kappa shape index (κ1) is 22.0. The first-order valence-corrected chi connectivity index (χ1v) is 9.06. The van der Waals surface area contributed by atoms with Gasteiger partial charge in [0.25, 0.3) is 0 Å². The number of hydrogen-bond donors (Lipinski definition) is 2. The van der Waals surface area contributed by atoms with Gasteiger partial charge in [0.1, 0.15) is 0 Å². The van der Waals surface area contributed by atoms with Crippen molar-refractivity contribution in [2.75, 3.05) is 39.4 Å². The molecule has 4 atom stereocenters. The van der Waals surface area contributed by atoms with Crippen LogP contribution in [-0.4, -0.2) is 62.3 Å². The number of carbonyl (C=O) groups is 1. The van der Waals surface area contributed by atoms with E-state index < -0.39 is 0 Å². The molecule has 3 aliphatic rings. The highest BCUT2D eigenvalue weighted by atomic mass is 35.5. The fourth-order valence-corrected chi connectivity index (χ4v) is 4.21. The van der Waals surface area contributed by atoms with E-state index in [1.165, 1.54) is 25.7 Å². The molecule has 0 spiro atoms. The average Bonchev–Trinajstić information content (AvgIpc) is 2.98. The van der Waals surface area contributed by atoms with Gasteiger partial charge in [-0.05, 0) is 31.1 Å². The van der Waals surface area contributed by atoms with Crippen LogP contribution in [-0.2, 0) is 9.53 Å². The zero-order valence-corrected chi connectivity index (χ0v) is 16.3. The molecule has 3 fully saturated rings. The number of nitrogens with zero attached hydrogens (tertiary/aromatic N) is 1. The minimum Gasteiger partial charge on any atom is -0.379 e. The van der Waals surface area contributed by atoms with E-state index in [9.17, 15) is 4.79 Å². The zero-order chi connectivity index (χ0) is 15.4. The summed E-state index contributed by atoms with van der Waals surface area (Å²) in [6.07, 6.45) is 6.25. The van der Waals surface area contributed by atoms with Crippen LogP contribution in [0.25, 0.3) is 0 Å². The number of halogens is 2. The Morgan fingerprint density at radius 2 is 1.96 bits per heavy atom. The van der Waals surface area contributed by atoms with Crippen LogP contribution in [0.3, 0.4) is 0 Å². The van der Waals surface area contributed by atoms with Crippen LogP contribution in [0.2, 0.25) is 0 Å². The molecule has 2 saturated heterocycles. The molecule has 24 heavy (non-hydrogen) atoms. The highest BCUT2D eigenvalue weighted by Gasteiger charge is 2.38. The lowest BCUT2D eigenvalue weighted by Gasteiger charge is -2.29. The van der Waals surface area contributed by atoms with Gasteiger partial charge in [0.05, 0.1) is 19.3 Å². The molecule has 3 rings (SSSR count). The van der Waals surface area contributed by atoms with Crippen molar-refractivity contribution in [2.45, 2.75) is 51.1 Å². The number of ether oxygens (including phenoxy) is 1. The number of hydrogen-bond acceptors (Lipinski definition) is 4. The lowest BCUT2D eigenvalue weighted by atomic mass is 9.85. The molecule has 0 radical (unpaired) electrons. The van der Waals surface area contributed by atoms with Gasteiger partial charge in [-0.25, -0.2) is 0 Å². The van der Waals surface area contributed by atoms with E-state index >= 15 is 0 Å². The smallest absolute Gasteiger partial charge is 0.237 e. The molecular formula is C17H33Cl2N3O2. The van der Waals surface area contributed by atoms with E-state index in [0.717, 1.165) is 51.7 Å². The first-order valence-electron chi connectivity index (χ1n) is 9.06. The van der Waals surface area contributed by atoms with E-state index in [1.807, 2.05) is 0 Å². The van der Waals surface area contributed by atoms with Gasteiger partial charge in [0, 0.05) is 32.2 Å². The van der Waals surface area contributed by atoms with Crippen LogP contribution < -0.4 is 10.6 Å². The minimum absolute atomic E-state index is 0. The summed E-state index contributed by atoms with van der Waals surface area (Å²) in [6.45, 7) is 7.77. The molecule has 5 nitrogen and oxygen atoms in total. The van der Waals surface area contributed by atoms with E-state index in [1.54, 1.807) is 0 Å². The summed E-state index contributed by atoms with van der Waals surface area (Å²) in [4.78, 5) is 14.8. The van der Waals surface area contributed by atoms with Crippen LogP contribution >= 0.6 is 24.8 Å². The van der Waals surface area contributed by atoms with Crippen LogP contribution in [0.15, 0.2) is 0 Å². The fourth-order valence-electron chi connectivity index (χ4n) is 4.21. The maximum atomic E-state index is 12.4. The Kier molecular flexibility index (Phi) is 9.90. The van der Waals surface area contributed by atoms with Gasteiger partial charge >= 0.3 is 0 Å². The summed E-state index contributed by atoms with van der Waals surface area (Å²) < 4.78 is 5.37. The van der Waals surface area contributed by atoms with E-state index in [4.69, 9.17) is 4.74 Å². The standard InChI is InChI=1S/C17H31N3O2.2ClH/c1-13(12-20-6-8-22-9-7-20)11-18-17(21)16-10-14-4-2-3-5-15(14)19-16;;/h13-16,19H,2-12H2,1H3,(H,18,21);2*1H. The van der Waals surface area contributed by atoms with E-state index in [-0.39, 0.29) is 36.8 Å². The van der Waals surface area contributed by atoms with Crippen molar-refractivity contribution in [3.8, 4) is 0 Å². The Balaban J connectivity index is 0.00000144. The van der Waals surface area contributed by atoms with Crippen LogP contribution in [0, 0.1) is 11.8 Å². The summed E-state index contributed by atoms with van der Waals surface area (Å²) in [5.74, 6) is 1.43. The molecule has 1 amide bonds. The lowest BCUT2D eigenvalue weighted by Crippen LogP contribution is -2.46. The Morgan fingerprint density at radius 1 is 1.25 bits per heavy atom. The molecule has 2 N–H and O–H groups in total. The van der Waals surface area contributed by atoms with Gasteiger partial charge in [0.2, 0.25) is 5.91 Å². The normalized spacial score (nSPS) is 31.3. The summed E-state index contributed by atoms with van der Waals surface area (Å²) in [6, 6.07) is 0.638. The Labute approximate surface area is 158 Å². The summed E-state index contributed by atoms with van der Waals surface area (Å²) in [7, 11) is 0. The Hall–Kier alpha value is -0.0700. The van der Waals surface area contributed by atoms with Crippen molar-refractivity contribution in [2.24, 2.45) is 11.8 Å². The number of carbonyl (C=O) groups excluding carboxylic acids is 1. The minimum atomic E-state index is 0. The maximum Gasteiger partial charge on any atom is 0.237 e. The molecule has 142 valence electrons. The van der Waals surface area contributed by atoms with Gasteiger partial charge in [-0.15, -0.1) is 24.8 Å². The summed E-state index contributed by atoms with van der Waals surface area (Å²) in [5.41, 5.74) is 0. The number of morpholine rings is 1. The molecule has 0 aromatic rings. The number of amides is 1. The summed E-state index contributed by atoms with van der Waals surface area (Å²) in [5, 5.41) is 6.72. The highest BCUT2D eigenvalue weighted by molar-refractivity contribution is 5.85. The Bertz CT molecular complexity index is 367. The molecule has 1 aliphatic carbocycles. The molecule has 0 aromatic heterocycles. The maximum absolute atomic E-state index is 12.4. The fraction of sp³-hybridized carbons (Fsp3) is 0.941. The van der Waals surface area contributed by atoms with Crippen LogP contribution in [0.1, 0.15) is 39.0 Å². The zero-order valence-electron chi connectivity index (χ0n) is 14.7. The van der Waals surface area contributed by atoms with Crippen LogP contribution in [0.4, 0.5) is 0 Å². The average molecular weight is 382 g/mol. The van der Waals surface area contributed by atoms with Crippen molar-refractivity contribution >= 4 is 30.7 Å². The predicted molar refractivity (Wildman–Crippen MR) is 101 cm³/mol. The predicted octanol–water partition coefficient (Wildman–Crippen LogP) is 1.84. The largest absolute Gasteiger partial charge is 0.379 e. The molecule has 2 aliphatic heterocycles. The molecule has 0 aromatic carbocycles. The number of rotatable bonds is 5. The SMILES string of the molecule is CC(CNC(=O)C1CC2CCCCC2N1)CN1CCOCC1.Cl.Cl. The third kappa shape index (κ3) is 6.03. The second kappa shape index (κ2) is 10.8. The molecule has 0 bridgehead atoms. The van der Waals surface area contributed by atoms with Gasteiger partial charge < -0.3 is 15.4 Å². The van der Waals surface area contributed by atoms with Crippen molar-refractivity contribution in [1.29, 1.82) is 0 Å². The molecular weight excluding hydrogens is 349 g/mol. The van der Waals surface area contributed by atoms with Gasteiger partial charge in [0.15, 0.2) is 0 Å².